The molecule has 0 aliphatic carbocycles. The summed E-state index contributed by atoms with van der Waals surface area (Å²) in [6.07, 6.45) is 6.80. The van der Waals surface area contributed by atoms with Crippen molar-refractivity contribution in [3.8, 4) is 0 Å². The number of hydrogen-bond donors (Lipinski definition) is 1. The Morgan fingerprint density at radius 2 is 1.77 bits per heavy atom. The Morgan fingerprint density at radius 3 is 2.38 bits per heavy atom. The standard InChI is InChI=1S/C21H30ClN3O/c22-18-6-4-16(5-7-18)14-19(21(26)25-10-2-1-3-11-25)23-20-15-24-12-8-17(20)9-13-24/h4-7,17,19-20,23H,1-3,8-15H2/t19-,20?/m1/s1. The zero-order valence-electron chi connectivity index (χ0n) is 15.5. The van der Waals surface area contributed by atoms with Crippen molar-refractivity contribution in [2.45, 2.75) is 50.6 Å². The van der Waals surface area contributed by atoms with Crippen molar-refractivity contribution in [2.75, 3.05) is 32.7 Å². The van der Waals surface area contributed by atoms with Gasteiger partial charge in [-0.2, -0.15) is 0 Å². The van der Waals surface area contributed by atoms with Gasteiger partial charge < -0.3 is 15.1 Å². The van der Waals surface area contributed by atoms with Gasteiger partial charge in [-0.1, -0.05) is 23.7 Å². The third-order valence-corrected chi connectivity index (χ3v) is 6.64. The van der Waals surface area contributed by atoms with Crippen molar-refractivity contribution in [1.29, 1.82) is 0 Å². The van der Waals surface area contributed by atoms with E-state index in [2.05, 4.69) is 27.2 Å². The fourth-order valence-electron chi connectivity index (χ4n) is 4.82. The summed E-state index contributed by atoms with van der Waals surface area (Å²) in [4.78, 5) is 17.9. The van der Waals surface area contributed by atoms with Crippen LogP contribution < -0.4 is 5.32 Å². The van der Waals surface area contributed by atoms with E-state index >= 15 is 0 Å². The number of carbonyl (C=O) groups excluding carboxylic acids is 1. The fraction of sp³-hybridized carbons (Fsp3) is 0.667. The average molecular weight is 376 g/mol. The second kappa shape index (κ2) is 8.28. The summed E-state index contributed by atoms with van der Waals surface area (Å²) in [6, 6.07) is 8.28. The molecule has 5 rings (SSSR count). The first-order valence-electron chi connectivity index (χ1n) is 10.2. The lowest BCUT2D eigenvalue weighted by Crippen LogP contribution is -2.61. The Hall–Kier alpha value is -1.10. The molecule has 2 bridgehead atoms. The second-order valence-corrected chi connectivity index (χ2v) is 8.62. The first kappa shape index (κ1) is 18.3. The first-order chi connectivity index (χ1) is 12.7. The molecule has 4 saturated heterocycles. The van der Waals surface area contributed by atoms with Crippen LogP contribution in [0.1, 0.15) is 37.7 Å². The van der Waals surface area contributed by atoms with Crippen LogP contribution in [0, 0.1) is 5.92 Å². The van der Waals surface area contributed by atoms with E-state index in [1.807, 2.05) is 12.1 Å². The van der Waals surface area contributed by atoms with E-state index < -0.39 is 0 Å². The van der Waals surface area contributed by atoms with Gasteiger partial charge in [-0.05, 0) is 75.2 Å². The number of nitrogens with one attached hydrogen (secondary N) is 1. The van der Waals surface area contributed by atoms with Gasteiger partial charge in [0.2, 0.25) is 5.91 Å². The van der Waals surface area contributed by atoms with Crippen molar-refractivity contribution in [3.05, 3.63) is 34.9 Å². The Bertz CT molecular complexity index is 606. The van der Waals surface area contributed by atoms with Crippen LogP contribution in [0.4, 0.5) is 0 Å². The highest BCUT2D eigenvalue weighted by atomic mass is 35.5. The maximum Gasteiger partial charge on any atom is 0.240 e. The minimum absolute atomic E-state index is 0.125. The summed E-state index contributed by atoms with van der Waals surface area (Å²) in [5.74, 6) is 1.01. The van der Waals surface area contributed by atoms with Gasteiger partial charge in [0.1, 0.15) is 0 Å². The molecule has 0 radical (unpaired) electrons. The zero-order chi connectivity index (χ0) is 17.9. The summed E-state index contributed by atoms with van der Waals surface area (Å²) >= 11 is 6.03. The highest BCUT2D eigenvalue weighted by Gasteiger charge is 2.37. The molecule has 0 saturated carbocycles. The molecule has 1 unspecified atom stereocenters. The molecule has 0 spiro atoms. The van der Waals surface area contributed by atoms with Crippen LogP contribution in [-0.2, 0) is 11.2 Å². The van der Waals surface area contributed by atoms with Crippen LogP contribution in [0.15, 0.2) is 24.3 Å². The molecule has 4 aliphatic rings. The van der Waals surface area contributed by atoms with Crippen LogP contribution in [0.3, 0.4) is 0 Å². The molecule has 142 valence electrons. The largest absolute Gasteiger partial charge is 0.341 e. The number of rotatable bonds is 5. The van der Waals surface area contributed by atoms with Crippen molar-refractivity contribution in [3.63, 3.8) is 0 Å². The van der Waals surface area contributed by atoms with E-state index in [4.69, 9.17) is 11.6 Å². The van der Waals surface area contributed by atoms with E-state index in [0.717, 1.165) is 49.8 Å². The number of piperidine rings is 4. The number of benzene rings is 1. The lowest BCUT2D eigenvalue weighted by molar-refractivity contribution is -0.135. The van der Waals surface area contributed by atoms with Gasteiger partial charge in [0.05, 0.1) is 6.04 Å². The fourth-order valence-corrected chi connectivity index (χ4v) is 4.95. The van der Waals surface area contributed by atoms with E-state index in [-0.39, 0.29) is 11.9 Å². The Morgan fingerprint density at radius 1 is 1.08 bits per heavy atom. The van der Waals surface area contributed by atoms with E-state index in [1.165, 1.54) is 37.9 Å². The highest BCUT2D eigenvalue weighted by molar-refractivity contribution is 6.30. The van der Waals surface area contributed by atoms with Gasteiger partial charge in [-0.15, -0.1) is 0 Å². The summed E-state index contributed by atoms with van der Waals surface area (Å²) in [7, 11) is 0. The molecule has 5 heteroatoms. The monoisotopic (exact) mass is 375 g/mol. The molecule has 4 aliphatic heterocycles. The maximum atomic E-state index is 13.3. The van der Waals surface area contributed by atoms with E-state index in [1.54, 1.807) is 0 Å². The quantitative estimate of drug-likeness (QED) is 0.859. The van der Waals surface area contributed by atoms with Crippen LogP contribution in [-0.4, -0.2) is 60.5 Å². The maximum absolute atomic E-state index is 13.3. The number of carbonyl (C=O) groups is 1. The van der Waals surface area contributed by atoms with Gasteiger partial charge in [0.15, 0.2) is 0 Å². The number of hydrogen-bond acceptors (Lipinski definition) is 3. The van der Waals surface area contributed by atoms with E-state index in [9.17, 15) is 4.79 Å². The predicted molar refractivity (Wildman–Crippen MR) is 105 cm³/mol. The van der Waals surface area contributed by atoms with Crippen LogP contribution in [0.5, 0.6) is 0 Å². The molecule has 2 atom stereocenters. The summed E-state index contributed by atoms with van der Waals surface area (Å²) in [5, 5.41) is 4.53. The summed E-state index contributed by atoms with van der Waals surface area (Å²) in [5.41, 5.74) is 1.18. The SMILES string of the molecule is O=C([C@@H](Cc1ccc(Cl)cc1)NC1CN2CCC1CC2)N1CCCCC1. The molecule has 4 heterocycles. The van der Waals surface area contributed by atoms with Gasteiger partial charge in [-0.3, -0.25) is 4.79 Å². The molecule has 26 heavy (non-hydrogen) atoms. The van der Waals surface area contributed by atoms with Crippen molar-refractivity contribution in [1.82, 2.24) is 15.1 Å². The van der Waals surface area contributed by atoms with Crippen molar-refractivity contribution < 1.29 is 4.79 Å². The topological polar surface area (TPSA) is 35.6 Å². The summed E-state index contributed by atoms with van der Waals surface area (Å²) in [6.45, 7) is 5.38. The second-order valence-electron chi connectivity index (χ2n) is 8.18. The van der Waals surface area contributed by atoms with Gasteiger partial charge >= 0.3 is 0 Å². The Labute approximate surface area is 161 Å². The Kier molecular flexibility index (Phi) is 5.82. The third kappa shape index (κ3) is 4.24. The number of amides is 1. The van der Waals surface area contributed by atoms with Crippen molar-refractivity contribution in [2.24, 2.45) is 5.92 Å². The first-order valence-corrected chi connectivity index (χ1v) is 10.6. The summed E-state index contributed by atoms with van der Waals surface area (Å²) < 4.78 is 0. The molecular formula is C21H30ClN3O. The molecule has 1 amide bonds. The molecule has 1 aromatic carbocycles. The van der Waals surface area contributed by atoms with Crippen LogP contribution in [0.25, 0.3) is 0 Å². The molecule has 0 aromatic heterocycles. The predicted octanol–water partition coefficient (Wildman–Crippen LogP) is 2.95. The lowest BCUT2D eigenvalue weighted by atomic mass is 9.83. The molecule has 4 nitrogen and oxygen atoms in total. The molecule has 1 aromatic rings. The molecule has 1 N–H and O–H groups in total. The van der Waals surface area contributed by atoms with Crippen LogP contribution in [0.2, 0.25) is 5.02 Å². The highest BCUT2D eigenvalue weighted by Crippen LogP contribution is 2.28. The number of halogens is 1. The van der Waals surface area contributed by atoms with Gasteiger partial charge in [0, 0.05) is 30.7 Å². The Balaban J connectivity index is 1.48. The third-order valence-electron chi connectivity index (χ3n) is 6.39. The zero-order valence-corrected chi connectivity index (χ0v) is 16.3. The minimum Gasteiger partial charge on any atom is -0.341 e. The molecule has 4 fully saturated rings. The van der Waals surface area contributed by atoms with Gasteiger partial charge in [-0.25, -0.2) is 0 Å². The molecular weight excluding hydrogens is 346 g/mol. The number of nitrogens with zero attached hydrogens (tertiary/aromatic N) is 2. The average Bonchev–Trinajstić information content (AvgIpc) is 2.70. The number of likely N-dealkylation sites (tertiary alicyclic amines) is 1. The lowest BCUT2D eigenvalue weighted by Gasteiger charge is -2.46. The van der Waals surface area contributed by atoms with E-state index in [0.29, 0.717) is 6.04 Å². The minimum atomic E-state index is -0.125. The normalized spacial score (nSPS) is 29.6. The van der Waals surface area contributed by atoms with Crippen LogP contribution >= 0.6 is 11.6 Å². The van der Waals surface area contributed by atoms with Gasteiger partial charge in [0.25, 0.3) is 0 Å². The number of fused-ring (bicyclic) bond motifs is 3. The smallest absolute Gasteiger partial charge is 0.240 e. The van der Waals surface area contributed by atoms with Crippen molar-refractivity contribution >= 4 is 17.5 Å².